The van der Waals surface area contributed by atoms with Crippen molar-refractivity contribution in [1.82, 2.24) is 4.90 Å². The lowest BCUT2D eigenvalue weighted by Gasteiger charge is -2.36. The Morgan fingerprint density at radius 3 is 2.30 bits per heavy atom. The first-order valence-electron chi connectivity index (χ1n) is 9.38. The van der Waals surface area contributed by atoms with Gasteiger partial charge in [0.25, 0.3) is 5.91 Å². The highest BCUT2D eigenvalue weighted by Crippen LogP contribution is 2.21. The van der Waals surface area contributed by atoms with Crippen LogP contribution in [0.5, 0.6) is 5.75 Å². The number of hydrogen-bond acceptors (Lipinski definition) is 7. The van der Waals surface area contributed by atoms with Gasteiger partial charge in [-0.05, 0) is 48.5 Å². The molecule has 0 spiro atoms. The second-order valence-electron chi connectivity index (χ2n) is 6.65. The molecule has 9 nitrogen and oxygen atoms in total. The minimum atomic E-state index is -0.385. The minimum absolute atomic E-state index is 0.0217. The maximum Gasteiger partial charge on any atom is 0.253 e. The topological polar surface area (TPSA) is 131 Å². The molecule has 0 aliphatic carbocycles. The first-order chi connectivity index (χ1) is 14.5. The molecule has 4 N–H and O–H groups in total. The van der Waals surface area contributed by atoms with E-state index in [1.54, 1.807) is 37.4 Å². The van der Waals surface area contributed by atoms with Crippen LogP contribution >= 0.6 is 0 Å². The minimum Gasteiger partial charge on any atom is -0.497 e. The molecule has 2 aromatic rings. The van der Waals surface area contributed by atoms with Gasteiger partial charge in [0.15, 0.2) is 5.84 Å². The molecule has 0 atom stereocenters. The van der Waals surface area contributed by atoms with E-state index in [0.717, 1.165) is 24.5 Å². The number of nitriles is 1. The number of amides is 1. The lowest BCUT2D eigenvalue weighted by molar-refractivity contribution is 0.0747. The zero-order chi connectivity index (χ0) is 21.5. The number of carbonyl (C=O) groups is 1. The van der Waals surface area contributed by atoms with E-state index < -0.39 is 0 Å². The van der Waals surface area contributed by atoms with Crippen LogP contribution in [0.1, 0.15) is 10.4 Å². The van der Waals surface area contributed by atoms with Crippen molar-refractivity contribution in [2.75, 3.05) is 43.6 Å². The average molecular weight is 405 g/mol. The monoisotopic (exact) mass is 405 g/mol. The Kier molecular flexibility index (Phi) is 6.49. The molecule has 154 valence electrons. The third-order valence-electron chi connectivity index (χ3n) is 4.79. The molecular weight excluding hydrogens is 382 g/mol. The Labute approximate surface area is 174 Å². The third kappa shape index (κ3) is 4.86. The van der Waals surface area contributed by atoms with Crippen LogP contribution in [0.2, 0.25) is 0 Å². The van der Waals surface area contributed by atoms with Crippen LogP contribution in [0, 0.1) is 16.7 Å². The number of rotatable bonds is 6. The molecule has 1 saturated heterocycles. The van der Waals surface area contributed by atoms with Crippen LogP contribution in [0.25, 0.3) is 0 Å². The first-order valence-corrected chi connectivity index (χ1v) is 9.38. The van der Waals surface area contributed by atoms with Crippen molar-refractivity contribution in [3.63, 3.8) is 0 Å². The van der Waals surface area contributed by atoms with Crippen LogP contribution < -0.4 is 20.8 Å². The van der Waals surface area contributed by atoms with E-state index >= 15 is 0 Å². The lowest BCUT2D eigenvalue weighted by atomic mass is 10.1. The van der Waals surface area contributed by atoms with Crippen molar-refractivity contribution in [1.29, 1.82) is 10.7 Å². The predicted octanol–water partition coefficient (Wildman–Crippen LogP) is 1.89. The van der Waals surface area contributed by atoms with Crippen LogP contribution in [0.4, 0.5) is 11.4 Å². The van der Waals surface area contributed by atoms with Gasteiger partial charge >= 0.3 is 0 Å². The van der Waals surface area contributed by atoms with Gasteiger partial charge in [-0.2, -0.15) is 10.4 Å². The molecule has 1 aliphatic rings. The van der Waals surface area contributed by atoms with Crippen molar-refractivity contribution in [2.45, 2.75) is 0 Å². The second kappa shape index (κ2) is 9.43. The molecule has 0 unspecified atom stereocenters. The summed E-state index contributed by atoms with van der Waals surface area (Å²) in [7, 11) is 1.60. The van der Waals surface area contributed by atoms with Gasteiger partial charge < -0.3 is 20.3 Å². The average Bonchev–Trinajstić information content (AvgIpc) is 2.79. The number of benzene rings is 2. The van der Waals surface area contributed by atoms with Crippen molar-refractivity contribution < 1.29 is 9.53 Å². The number of ether oxygens (including phenoxy) is 1. The summed E-state index contributed by atoms with van der Waals surface area (Å²) < 4.78 is 5.14. The third-order valence-corrected chi connectivity index (χ3v) is 4.79. The van der Waals surface area contributed by atoms with Crippen molar-refractivity contribution in [3.8, 4) is 11.8 Å². The number of hydrogen-bond donors (Lipinski definition) is 3. The molecule has 3 rings (SSSR count). The zero-order valence-corrected chi connectivity index (χ0v) is 16.6. The van der Waals surface area contributed by atoms with Crippen LogP contribution in [0.15, 0.2) is 53.6 Å². The molecule has 1 fully saturated rings. The maximum atomic E-state index is 12.7. The number of anilines is 2. The lowest BCUT2D eigenvalue weighted by Crippen LogP contribution is -2.48. The number of carbonyl (C=O) groups excluding carboxylic acids is 1. The van der Waals surface area contributed by atoms with E-state index in [0.29, 0.717) is 24.3 Å². The number of nitrogens with zero attached hydrogens (tertiary/aromatic N) is 4. The van der Waals surface area contributed by atoms with E-state index in [4.69, 9.17) is 21.1 Å². The zero-order valence-electron chi connectivity index (χ0n) is 16.6. The van der Waals surface area contributed by atoms with Crippen molar-refractivity contribution in [2.24, 2.45) is 10.8 Å². The molecular formula is C21H23N7O2. The fraction of sp³-hybridized carbons (Fsp3) is 0.238. The Bertz CT molecular complexity index is 970. The second-order valence-corrected chi connectivity index (χ2v) is 6.65. The SMILES string of the molecule is COc1ccc(C(=O)N2CCN(c3ccc(N/N=C(\C#N)C(=N)N)cc3)CC2)cc1. The molecule has 1 heterocycles. The van der Waals surface area contributed by atoms with Crippen LogP contribution in [0.3, 0.4) is 0 Å². The normalized spacial score (nSPS) is 14.1. The van der Waals surface area contributed by atoms with Crippen LogP contribution in [-0.2, 0) is 0 Å². The molecule has 1 amide bonds. The molecule has 9 heteroatoms. The molecule has 1 aliphatic heterocycles. The van der Waals surface area contributed by atoms with Gasteiger partial charge in [-0.3, -0.25) is 15.6 Å². The summed E-state index contributed by atoms with van der Waals surface area (Å²) in [5, 5.41) is 19.9. The van der Waals surface area contributed by atoms with Gasteiger partial charge in [0.2, 0.25) is 5.71 Å². The number of amidine groups is 1. The molecule has 0 aromatic heterocycles. The Hall–Kier alpha value is -4.06. The van der Waals surface area contributed by atoms with Crippen LogP contribution in [-0.4, -0.2) is 55.6 Å². The fourth-order valence-electron chi connectivity index (χ4n) is 3.10. The summed E-state index contributed by atoms with van der Waals surface area (Å²) >= 11 is 0. The number of nitrogens with two attached hydrogens (primary N) is 1. The maximum absolute atomic E-state index is 12.7. The molecule has 0 bridgehead atoms. The quantitative estimate of drug-likeness (QED) is 0.382. The molecule has 30 heavy (non-hydrogen) atoms. The standard InChI is InChI=1S/C21H23N7O2/c1-30-18-8-2-15(3-9-18)21(29)28-12-10-27(11-13-28)17-6-4-16(5-7-17)25-26-19(14-22)20(23)24/h2-9,25H,10-13H2,1H3,(H3,23,24)/b26-19+. The number of methoxy groups -OCH3 is 1. The number of hydrazone groups is 1. The van der Waals surface area contributed by atoms with Crippen molar-refractivity contribution in [3.05, 3.63) is 54.1 Å². The summed E-state index contributed by atoms with van der Waals surface area (Å²) in [6, 6.07) is 16.5. The first kappa shape index (κ1) is 20.7. The van der Waals surface area contributed by atoms with E-state index in [2.05, 4.69) is 15.4 Å². The Morgan fingerprint density at radius 2 is 1.77 bits per heavy atom. The fourth-order valence-corrected chi connectivity index (χ4v) is 3.10. The Balaban J connectivity index is 1.56. The van der Waals surface area contributed by atoms with E-state index in [9.17, 15) is 4.79 Å². The van der Waals surface area contributed by atoms with Gasteiger partial charge in [0.05, 0.1) is 12.8 Å². The van der Waals surface area contributed by atoms with Gasteiger partial charge in [-0.1, -0.05) is 0 Å². The molecule has 2 aromatic carbocycles. The summed E-state index contributed by atoms with van der Waals surface area (Å²) in [4.78, 5) is 16.8. The Morgan fingerprint density at radius 1 is 1.13 bits per heavy atom. The summed E-state index contributed by atoms with van der Waals surface area (Å²) in [6.07, 6.45) is 0. The number of piperazine rings is 1. The van der Waals surface area contributed by atoms with Gasteiger partial charge in [-0.25, -0.2) is 0 Å². The smallest absolute Gasteiger partial charge is 0.253 e. The highest BCUT2D eigenvalue weighted by Gasteiger charge is 2.22. The van der Waals surface area contributed by atoms with E-state index in [1.807, 2.05) is 29.2 Å². The van der Waals surface area contributed by atoms with Gasteiger partial charge in [-0.15, -0.1) is 0 Å². The summed E-state index contributed by atoms with van der Waals surface area (Å²) in [6.45, 7) is 2.74. The highest BCUT2D eigenvalue weighted by atomic mass is 16.5. The highest BCUT2D eigenvalue weighted by molar-refractivity contribution is 6.45. The number of nitrogens with one attached hydrogen (secondary N) is 2. The summed E-state index contributed by atoms with van der Waals surface area (Å²) in [5.74, 6) is 0.363. The predicted molar refractivity (Wildman–Crippen MR) is 116 cm³/mol. The van der Waals surface area contributed by atoms with E-state index in [-0.39, 0.29) is 17.5 Å². The van der Waals surface area contributed by atoms with E-state index in [1.165, 1.54) is 0 Å². The molecule has 0 radical (unpaired) electrons. The summed E-state index contributed by atoms with van der Waals surface area (Å²) in [5.41, 5.74) is 10.2. The van der Waals surface area contributed by atoms with Gasteiger partial charge in [0, 0.05) is 37.4 Å². The van der Waals surface area contributed by atoms with Gasteiger partial charge in [0.1, 0.15) is 11.8 Å². The molecule has 0 saturated carbocycles. The van der Waals surface area contributed by atoms with Crippen molar-refractivity contribution >= 4 is 28.8 Å². The largest absolute Gasteiger partial charge is 0.497 e.